The van der Waals surface area contributed by atoms with Crippen LogP contribution in [-0.2, 0) is 39.6 Å². The van der Waals surface area contributed by atoms with Crippen LogP contribution in [-0.4, -0.2) is 44.5 Å². The quantitative estimate of drug-likeness (QED) is 0.279. The zero-order chi connectivity index (χ0) is 25.1. The normalized spacial score (nSPS) is 18.1. The highest BCUT2D eigenvalue weighted by Crippen LogP contribution is 2.41. The summed E-state index contributed by atoms with van der Waals surface area (Å²) in [7, 11) is 0. The lowest BCUT2D eigenvalue weighted by molar-refractivity contribution is -0.172. The number of rotatable bonds is 5. The van der Waals surface area contributed by atoms with E-state index in [4.69, 9.17) is 9.84 Å². The third-order valence-corrected chi connectivity index (χ3v) is 7.44. The fourth-order valence-electron chi connectivity index (χ4n) is 4.76. The number of aliphatic hydroxyl groups excluding tert-OH is 1. The molecule has 2 aromatic heterocycles. The minimum absolute atomic E-state index is 0.0147. The molecule has 3 aromatic rings. The Bertz CT molecular complexity index is 1490. The summed E-state index contributed by atoms with van der Waals surface area (Å²) in [6, 6.07) is 4.54. The second-order valence-corrected chi connectivity index (χ2v) is 9.31. The molecule has 4 heterocycles. The minimum Gasteiger partial charge on any atom is -0.458 e. The molecule has 11 heteroatoms. The number of amides is 1. The third kappa shape index (κ3) is 3.45. The summed E-state index contributed by atoms with van der Waals surface area (Å²) >= 11 is 1.23. The van der Waals surface area contributed by atoms with E-state index in [1.54, 1.807) is 25.3 Å². The van der Waals surface area contributed by atoms with Gasteiger partial charge in [-0.3, -0.25) is 9.59 Å². The lowest BCUT2D eigenvalue weighted by Crippen LogP contribution is -2.44. The van der Waals surface area contributed by atoms with E-state index in [1.807, 2.05) is 0 Å². The average Bonchev–Trinajstić information content (AvgIpc) is 3.22. The number of carbonyl (C=O) groups is 2. The predicted molar refractivity (Wildman–Crippen MR) is 125 cm³/mol. The number of benzene rings is 1. The molecule has 3 N–H and O–H groups in total. The van der Waals surface area contributed by atoms with E-state index in [2.05, 4.69) is 10.3 Å². The zero-order valence-electron chi connectivity index (χ0n) is 19.0. The molecule has 2 aliphatic heterocycles. The van der Waals surface area contributed by atoms with Crippen LogP contribution in [0.1, 0.15) is 35.6 Å². The summed E-state index contributed by atoms with van der Waals surface area (Å²) in [5.41, 5.74) is 0.413. The van der Waals surface area contributed by atoms with E-state index < -0.39 is 35.5 Å². The molecule has 1 amide bonds. The third-order valence-electron chi connectivity index (χ3n) is 6.69. The molecule has 0 fully saturated rings. The number of aromatic nitrogens is 2. The van der Waals surface area contributed by atoms with Gasteiger partial charge in [0.25, 0.3) is 5.56 Å². The van der Waals surface area contributed by atoms with Crippen molar-refractivity contribution in [3.05, 3.63) is 56.6 Å². The maximum atomic E-state index is 14.6. The molecule has 1 aromatic carbocycles. The van der Waals surface area contributed by atoms with Crippen molar-refractivity contribution in [3.8, 4) is 11.4 Å². The number of cyclic esters (lactones) is 1. The second kappa shape index (κ2) is 8.43. The molecule has 0 spiro atoms. The summed E-state index contributed by atoms with van der Waals surface area (Å²) in [6.45, 7) is 0.849. The van der Waals surface area contributed by atoms with Gasteiger partial charge in [-0.25, -0.2) is 14.2 Å². The number of hydrogen-bond donors (Lipinski definition) is 3. The van der Waals surface area contributed by atoms with Gasteiger partial charge in [0, 0.05) is 34.0 Å². The van der Waals surface area contributed by atoms with Gasteiger partial charge in [0.1, 0.15) is 19.0 Å². The van der Waals surface area contributed by atoms with Crippen LogP contribution in [0.4, 0.5) is 4.39 Å². The van der Waals surface area contributed by atoms with Crippen molar-refractivity contribution >= 4 is 34.5 Å². The largest absolute Gasteiger partial charge is 0.458 e. The molecule has 9 nitrogen and oxygen atoms in total. The summed E-state index contributed by atoms with van der Waals surface area (Å²) in [5.74, 6) is -1.85. The number of halogens is 1. The molecule has 0 saturated carbocycles. The molecule has 5 rings (SSSR count). The van der Waals surface area contributed by atoms with E-state index in [9.17, 15) is 23.9 Å². The Morgan fingerprint density at radius 2 is 2.09 bits per heavy atom. The van der Waals surface area contributed by atoms with Crippen LogP contribution >= 0.6 is 11.8 Å². The zero-order valence-corrected chi connectivity index (χ0v) is 19.8. The van der Waals surface area contributed by atoms with Crippen LogP contribution in [0.3, 0.4) is 0 Å². The van der Waals surface area contributed by atoms with Gasteiger partial charge >= 0.3 is 5.97 Å². The Labute approximate surface area is 202 Å². The number of nitrogens with zero attached hydrogens (tertiary/aromatic N) is 2. The van der Waals surface area contributed by atoms with Gasteiger partial charge in [0.15, 0.2) is 5.60 Å². The van der Waals surface area contributed by atoms with E-state index in [0.717, 1.165) is 0 Å². The van der Waals surface area contributed by atoms with Gasteiger partial charge in [-0.2, -0.15) is 0 Å². The first-order valence-electron chi connectivity index (χ1n) is 11.0. The number of esters is 1. The van der Waals surface area contributed by atoms with E-state index in [1.165, 1.54) is 22.4 Å². The summed E-state index contributed by atoms with van der Waals surface area (Å²) in [4.78, 5) is 42.7. The van der Waals surface area contributed by atoms with Crippen molar-refractivity contribution < 1.29 is 28.9 Å². The van der Waals surface area contributed by atoms with Gasteiger partial charge in [-0.1, -0.05) is 6.92 Å². The highest BCUT2D eigenvalue weighted by atomic mass is 32.2. The van der Waals surface area contributed by atoms with Gasteiger partial charge < -0.3 is 24.8 Å². The van der Waals surface area contributed by atoms with Crippen molar-refractivity contribution in [1.82, 2.24) is 14.9 Å². The molecule has 0 bridgehead atoms. The number of ether oxygens (including phenoxy) is 1. The maximum absolute atomic E-state index is 14.6. The lowest BCUT2D eigenvalue weighted by Gasteiger charge is -2.31. The van der Waals surface area contributed by atoms with Crippen molar-refractivity contribution in [3.63, 3.8) is 0 Å². The van der Waals surface area contributed by atoms with Gasteiger partial charge in [0.2, 0.25) is 5.91 Å². The van der Waals surface area contributed by atoms with Crippen molar-refractivity contribution in [2.45, 2.75) is 43.5 Å². The van der Waals surface area contributed by atoms with Crippen molar-refractivity contribution in [2.75, 3.05) is 12.9 Å². The van der Waals surface area contributed by atoms with Gasteiger partial charge in [-0.05, 0) is 30.4 Å². The minimum atomic E-state index is -1.96. The smallest absolute Gasteiger partial charge is 0.343 e. The molecule has 0 unspecified atom stereocenters. The van der Waals surface area contributed by atoms with Crippen molar-refractivity contribution in [2.24, 2.45) is 0 Å². The summed E-state index contributed by atoms with van der Waals surface area (Å²) in [5, 5.41) is 23.4. The summed E-state index contributed by atoms with van der Waals surface area (Å²) in [6.07, 6.45) is 1.76. The van der Waals surface area contributed by atoms with Crippen LogP contribution in [0.2, 0.25) is 0 Å². The van der Waals surface area contributed by atoms with Gasteiger partial charge in [0.05, 0.1) is 29.0 Å². The highest BCUT2D eigenvalue weighted by Gasteiger charge is 2.45. The van der Waals surface area contributed by atoms with E-state index in [-0.39, 0.29) is 37.2 Å². The molecule has 1 atom stereocenters. The molecule has 2 aliphatic rings. The first-order chi connectivity index (χ1) is 16.7. The molecule has 0 aliphatic carbocycles. The number of nitrogens with one attached hydrogen (secondary N) is 1. The molecular formula is C24H22FN3O6S. The number of thioether (sulfide) groups is 1. The maximum Gasteiger partial charge on any atom is 0.343 e. The summed E-state index contributed by atoms with van der Waals surface area (Å²) < 4.78 is 21.2. The van der Waals surface area contributed by atoms with E-state index in [0.29, 0.717) is 38.3 Å². The molecule has 35 heavy (non-hydrogen) atoms. The van der Waals surface area contributed by atoms with Crippen LogP contribution in [0.5, 0.6) is 0 Å². The fourth-order valence-corrected chi connectivity index (χ4v) is 5.25. The molecular weight excluding hydrogens is 477 g/mol. The first kappa shape index (κ1) is 23.5. The Balaban J connectivity index is 1.78. The SMILES string of the molecule is CC[C@@]1(O)C(=O)OCc2c1cc1n(c2=O)Cc2c-1nc1cc(F)c(SC)cc1c2CNC(=O)CO. The first-order valence-corrected chi connectivity index (χ1v) is 12.2. The number of hydrogen-bond acceptors (Lipinski definition) is 8. The van der Waals surface area contributed by atoms with Crippen LogP contribution < -0.4 is 10.9 Å². The number of carbonyl (C=O) groups excluding carboxylic acids is 2. The second-order valence-electron chi connectivity index (χ2n) is 8.46. The molecule has 0 radical (unpaired) electrons. The molecule has 182 valence electrons. The van der Waals surface area contributed by atoms with Crippen LogP contribution in [0.15, 0.2) is 27.9 Å². The van der Waals surface area contributed by atoms with Crippen molar-refractivity contribution in [1.29, 1.82) is 0 Å². The number of pyridine rings is 2. The average molecular weight is 500 g/mol. The Hall–Kier alpha value is -3.28. The fraction of sp³-hybridized carbons (Fsp3) is 0.333. The van der Waals surface area contributed by atoms with E-state index >= 15 is 0 Å². The Morgan fingerprint density at radius 1 is 1.31 bits per heavy atom. The number of aliphatic hydroxyl groups is 2. The topological polar surface area (TPSA) is 131 Å². The van der Waals surface area contributed by atoms with Gasteiger partial charge in [-0.15, -0.1) is 11.8 Å². The molecule has 0 saturated heterocycles. The van der Waals surface area contributed by atoms with Crippen LogP contribution in [0, 0.1) is 5.82 Å². The Kier molecular flexibility index (Phi) is 5.65. The standard InChI is InChI=1S/C24H22FN3O6S/c1-3-24(33)15-5-18-21-13(8-28(18)22(31)14(15)10-34-23(24)32)12(7-26-20(30)9-29)11-4-19(35-2)16(25)6-17(11)27-21/h4-6,29,33H,3,7-10H2,1-2H3,(H,26,30)/t24-/m0/s1. The predicted octanol–water partition coefficient (Wildman–Crippen LogP) is 1.55. The van der Waals surface area contributed by atoms with Crippen LogP contribution in [0.25, 0.3) is 22.3 Å². The number of fused-ring (bicyclic) bond motifs is 5. The monoisotopic (exact) mass is 499 g/mol. The lowest BCUT2D eigenvalue weighted by atomic mass is 9.86. The highest BCUT2D eigenvalue weighted by molar-refractivity contribution is 7.98. The Morgan fingerprint density at radius 3 is 2.77 bits per heavy atom.